The van der Waals surface area contributed by atoms with Crippen LogP contribution in [-0.2, 0) is 30.3 Å². The molecule has 1 unspecified atom stereocenters. The van der Waals surface area contributed by atoms with Gasteiger partial charge in [0.2, 0.25) is 11.8 Å². The maximum absolute atomic E-state index is 13.9. The molecule has 17 heteroatoms. The highest BCUT2D eigenvalue weighted by Gasteiger charge is 2.44. The summed E-state index contributed by atoms with van der Waals surface area (Å²) >= 11 is 5.96. The van der Waals surface area contributed by atoms with Gasteiger partial charge < -0.3 is 49.8 Å². The summed E-state index contributed by atoms with van der Waals surface area (Å²) in [4.78, 5) is 71.6. The van der Waals surface area contributed by atoms with E-state index in [2.05, 4.69) is 84.0 Å². The van der Waals surface area contributed by atoms with Crippen LogP contribution in [0.5, 0.6) is 0 Å². The number of hydrogen-bond acceptors (Lipinski definition) is 11. The molecule has 3 aromatic carbocycles. The topological polar surface area (TPSA) is 183 Å². The highest BCUT2D eigenvalue weighted by molar-refractivity contribution is 6.30. The minimum atomic E-state index is -1.10. The number of nitrogens with one attached hydrogen (secondary N) is 4. The third-order valence-electron chi connectivity index (χ3n) is 15.9. The molecule has 2 aliphatic carbocycles. The second-order valence-corrected chi connectivity index (χ2v) is 22.5. The zero-order valence-electron chi connectivity index (χ0n) is 44.7. The molecule has 76 heavy (non-hydrogen) atoms. The third-order valence-corrected chi connectivity index (χ3v) is 16.2. The molecule has 5 heterocycles. The lowest BCUT2D eigenvalue weighted by Crippen LogP contribution is -2.63. The largest absolute Gasteiger partial charge is 0.449 e. The first-order chi connectivity index (χ1) is 36.8. The molecular weight excluding hydrogens is 982 g/mol. The van der Waals surface area contributed by atoms with E-state index >= 15 is 0 Å². The predicted molar refractivity (Wildman–Crippen MR) is 295 cm³/mol. The number of nitrogens with zero attached hydrogens (tertiary/aromatic N) is 5. The molecule has 0 radical (unpaired) electrons. The van der Waals surface area contributed by atoms with Gasteiger partial charge in [0.1, 0.15) is 41.6 Å². The number of ether oxygens (including phenoxy) is 3. The van der Waals surface area contributed by atoms with Crippen molar-refractivity contribution in [2.24, 2.45) is 5.92 Å². The zero-order valence-corrected chi connectivity index (χ0v) is 45.4. The molecule has 3 saturated heterocycles. The molecule has 1 atom stereocenters. The molecule has 2 aromatic heterocycles. The van der Waals surface area contributed by atoms with Crippen molar-refractivity contribution in [1.82, 2.24) is 40.7 Å². The molecule has 4 N–H and O–H groups in total. The SMILES string of the molecule is CC(C)(C)OC(=O)NC1(C(=O)NCc2ccc(Cl)cc2)CCN(c2ncnc3[nH]ccc23)CC1.CCN1CCC(OC2CCN(C(=O)C(NC(=O)OCC3c4ccccc4-c4ccccc43)C3CCCCC3)CC2)CC1. The van der Waals surface area contributed by atoms with Crippen LogP contribution in [-0.4, -0.2) is 131 Å². The fourth-order valence-electron chi connectivity index (χ4n) is 11.7. The van der Waals surface area contributed by atoms with Crippen LogP contribution < -0.4 is 20.9 Å². The molecule has 4 amide bonds. The molecule has 5 aliphatic rings. The van der Waals surface area contributed by atoms with Crippen LogP contribution in [0, 0.1) is 5.92 Å². The van der Waals surface area contributed by atoms with Gasteiger partial charge >= 0.3 is 12.2 Å². The Kier molecular flexibility index (Phi) is 17.8. The molecule has 1 saturated carbocycles. The molecule has 5 aromatic rings. The quantitative estimate of drug-likeness (QED) is 0.0881. The fraction of sp³-hybridized carbons (Fsp3) is 0.525. The van der Waals surface area contributed by atoms with E-state index in [1.807, 2.05) is 41.4 Å². The highest BCUT2D eigenvalue weighted by atomic mass is 35.5. The number of fused-ring (bicyclic) bond motifs is 4. The van der Waals surface area contributed by atoms with Crippen molar-refractivity contribution < 1.29 is 33.4 Å². The fourth-order valence-corrected chi connectivity index (χ4v) is 11.9. The summed E-state index contributed by atoms with van der Waals surface area (Å²) in [5.41, 5.74) is 4.68. The Morgan fingerprint density at radius 2 is 1.41 bits per heavy atom. The van der Waals surface area contributed by atoms with E-state index in [0.29, 0.717) is 56.7 Å². The Labute approximate surface area is 452 Å². The monoisotopic (exact) mass is 1060 g/mol. The average Bonchev–Trinajstić information content (AvgIpc) is 4.06. The summed E-state index contributed by atoms with van der Waals surface area (Å²) in [6, 6.07) is 25.4. The van der Waals surface area contributed by atoms with Crippen molar-refractivity contribution in [1.29, 1.82) is 0 Å². The van der Waals surface area contributed by atoms with Crippen molar-refractivity contribution in [2.75, 3.05) is 57.3 Å². The molecule has 0 spiro atoms. The van der Waals surface area contributed by atoms with Crippen molar-refractivity contribution in [3.8, 4) is 11.1 Å². The molecule has 3 aliphatic heterocycles. The Bertz CT molecular complexity index is 2710. The molecule has 0 bridgehead atoms. The number of H-pyrrole nitrogens is 1. The number of amides is 4. The Morgan fingerprint density at radius 1 is 0.776 bits per heavy atom. The highest BCUT2D eigenvalue weighted by Crippen LogP contribution is 2.44. The van der Waals surface area contributed by atoms with Crippen LogP contribution in [0.2, 0.25) is 5.02 Å². The van der Waals surface area contributed by atoms with Gasteiger partial charge in [-0.1, -0.05) is 98.5 Å². The maximum atomic E-state index is 13.9. The van der Waals surface area contributed by atoms with E-state index in [0.717, 1.165) is 93.4 Å². The van der Waals surface area contributed by atoms with Gasteiger partial charge in [-0.05, 0) is 131 Å². The third kappa shape index (κ3) is 13.5. The number of piperidine rings is 3. The van der Waals surface area contributed by atoms with Gasteiger partial charge in [0.25, 0.3) is 0 Å². The van der Waals surface area contributed by atoms with Crippen LogP contribution in [0.4, 0.5) is 15.4 Å². The number of likely N-dealkylation sites (tertiary alicyclic amines) is 2. The van der Waals surface area contributed by atoms with Gasteiger partial charge in [-0.15, -0.1) is 0 Å². The molecule has 4 fully saturated rings. The number of carbonyl (C=O) groups excluding carboxylic acids is 4. The van der Waals surface area contributed by atoms with E-state index in [-0.39, 0.29) is 36.4 Å². The van der Waals surface area contributed by atoms with Crippen molar-refractivity contribution in [3.63, 3.8) is 0 Å². The predicted octanol–water partition coefficient (Wildman–Crippen LogP) is 9.76. The number of anilines is 1. The number of halogens is 1. The summed E-state index contributed by atoms with van der Waals surface area (Å²) in [5.74, 6) is 0.760. The number of benzene rings is 3. The molecular formula is C59H76ClN9O7. The summed E-state index contributed by atoms with van der Waals surface area (Å²) in [6.07, 6.45) is 12.9. The Morgan fingerprint density at radius 3 is 2.04 bits per heavy atom. The number of aromatic nitrogens is 3. The summed E-state index contributed by atoms with van der Waals surface area (Å²) in [7, 11) is 0. The summed E-state index contributed by atoms with van der Waals surface area (Å²) < 4.78 is 17.8. The first-order valence-electron chi connectivity index (χ1n) is 27.6. The number of carbonyl (C=O) groups is 4. The average molecular weight is 1060 g/mol. The van der Waals surface area contributed by atoms with Gasteiger partial charge in [0.15, 0.2) is 0 Å². The van der Waals surface area contributed by atoms with E-state index in [1.54, 1.807) is 32.9 Å². The minimum absolute atomic E-state index is 0.000204. The second kappa shape index (κ2) is 24.8. The van der Waals surface area contributed by atoms with E-state index in [9.17, 15) is 19.2 Å². The van der Waals surface area contributed by atoms with E-state index < -0.39 is 29.4 Å². The van der Waals surface area contributed by atoms with Crippen molar-refractivity contribution >= 4 is 52.5 Å². The lowest BCUT2D eigenvalue weighted by atomic mass is 9.83. The van der Waals surface area contributed by atoms with Crippen molar-refractivity contribution in [3.05, 3.63) is 113 Å². The lowest BCUT2D eigenvalue weighted by Gasteiger charge is -2.41. The van der Waals surface area contributed by atoms with Crippen LogP contribution in [0.3, 0.4) is 0 Å². The van der Waals surface area contributed by atoms with Gasteiger partial charge in [-0.2, -0.15) is 0 Å². The van der Waals surface area contributed by atoms with Crippen LogP contribution in [0.15, 0.2) is 91.4 Å². The number of hydrogen-bond donors (Lipinski definition) is 4. The standard InChI is InChI=1S/C35H47N3O4.C24H29ClN6O3/c1-2-37-20-16-26(17-21-37)42-27-18-22-38(23-19-27)34(39)33(25-10-4-3-5-11-25)36-35(40)41-24-32-30-14-8-6-12-28(30)29-13-7-9-15-31(29)32;1-23(2,3)34-22(33)30-24(21(32)27-14-16-4-6-17(25)7-5-16)9-12-31(13-10-24)20-18-8-11-26-19(18)28-15-29-20/h6-9,12-15,25-27,32-33H,2-5,10-11,16-24H2,1H3,(H,36,40);4-8,11,15H,9-10,12-14H2,1-3H3,(H,27,32)(H,30,33)(H,26,28,29). The van der Waals surface area contributed by atoms with E-state index in [4.69, 9.17) is 25.8 Å². The van der Waals surface area contributed by atoms with Crippen molar-refractivity contribution in [2.45, 2.75) is 140 Å². The normalized spacial score (nSPS) is 18.9. The Hall–Kier alpha value is -6.23. The molecule has 16 nitrogen and oxygen atoms in total. The zero-order chi connectivity index (χ0) is 53.2. The van der Waals surface area contributed by atoms with Crippen LogP contribution in [0.25, 0.3) is 22.2 Å². The van der Waals surface area contributed by atoms with Crippen LogP contribution in [0.1, 0.15) is 121 Å². The minimum Gasteiger partial charge on any atom is -0.449 e. The number of rotatable bonds is 13. The summed E-state index contributed by atoms with van der Waals surface area (Å²) in [6.45, 7) is 13.9. The number of alkyl carbamates (subject to hydrolysis) is 2. The summed E-state index contributed by atoms with van der Waals surface area (Å²) in [5, 5.41) is 10.5. The van der Waals surface area contributed by atoms with Crippen LogP contribution >= 0.6 is 11.6 Å². The van der Waals surface area contributed by atoms with Gasteiger partial charge in [-0.25, -0.2) is 19.6 Å². The molecule has 10 rings (SSSR count). The smallest absolute Gasteiger partial charge is 0.408 e. The lowest BCUT2D eigenvalue weighted by molar-refractivity contribution is -0.139. The molecule has 406 valence electrons. The first kappa shape index (κ1) is 54.6. The Balaban J connectivity index is 0.000000190. The van der Waals surface area contributed by atoms with E-state index in [1.165, 1.54) is 35.0 Å². The maximum Gasteiger partial charge on any atom is 0.408 e. The first-order valence-corrected chi connectivity index (χ1v) is 28.0. The number of aromatic amines is 1. The van der Waals surface area contributed by atoms with Gasteiger partial charge in [0.05, 0.1) is 17.6 Å². The van der Waals surface area contributed by atoms with Gasteiger partial charge in [-0.3, -0.25) is 9.59 Å². The van der Waals surface area contributed by atoms with Gasteiger partial charge in [0, 0.05) is 63.0 Å². The second-order valence-electron chi connectivity index (χ2n) is 22.1.